The number of rotatable bonds is 1. The monoisotopic (exact) mass is 219 g/mol. The number of halogens is 1. The van der Waals surface area contributed by atoms with Gasteiger partial charge in [0.05, 0.1) is 5.69 Å². The minimum atomic E-state index is -0.310. The van der Waals surface area contributed by atoms with Crippen LogP contribution in [0.25, 0.3) is 0 Å². The molecule has 0 bridgehead atoms. The molecule has 0 spiro atoms. The van der Waals surface area contributed by atoms with E-state index in [9.17, 15) is 9.18 Å². The molecule has 1 aromatic carbocycles. The molecule has 1 heterocycles. The van der Waals surface area contributed by atoms with Gasteiger partial charge in [0.1, 0.15) is 5.82 Å². The number of benzene rings is 1. The molecule has 0 aromatic heterocycles. The number of nitrogens with one attached hydrogen (secondary N) is 1. The molecule has 3 heteroatoms. The van der Waals surface area contributed by atoms with Gasteiger partial charge in [-0.1, -0.05) is 18.6 Å². The third-order valence-electron chi connectivity index (χ3n) is 3.83. The molecule has 0 saturated heterocycles. The van der Waals surface area contributed by atoms with Crippen molar-refractivity contribution >= 4 is 11.6 Å². The largest absolute Gasteiger partial charge is 0.323 e. The first-order valence-corrected chi connectivity index (χ1v) is 5.84. The van der Waals surface area contributed by atoms with Crippen molar-refractivity contribution in [2.45, 2.75) is 31.6 Å². The molecular weight excluding hydrogens is 205 g/mol. The first kappa shape index (κ1) is 9.82. The smallest absolute Gasteiger partial charge is 0.225 e. The Balaban J connectivity index is 2.03. The first-order chi connectivity index (χ1) is 7.75. The second kappa shape index (κ2) is 3.58. The average molecular weight is 219 g/mol. The lowest BCUT2D eigenvalue weighted by Crippen LogP contribution is -2.30. The topological polar surface area (TPSA) is 29.1 Å². The number of carbonyl (C=O) groups excluding carboxylic acids is 1. The van der Waals surface area contributed by atoms with Gasteiger partial charge in [-0.15, -0.1) is 0 Å². The van der Waals surface area contributed by atoms with E-state index in [1.165, 1.54) is 25.3 Å². The summed E-state index contributed by atoms with van der Waals surface area (Å²) in [6.45, 7) is 0. The highest BCUT2D eigenvalue weighted by atomic mass is 19.1. The quantitative estimate of drug-likeness (QED) is 0.772. The van der Waals surface area contributed by atoms with Gasteiger partial charge in [0.2, 0.25) is 5.91 Å². The molecule has 84 valence electrons. The van der Waals surface area contributed by atoms with Gasteiger partial charge in [0.15, 0.2) is 0 Å². The molecule has 1 fully saturated rings. The van der Waals surface area contributed by atoms with Crippen LogP contribution in [0, 0.1) is 11.7 Å². The van der Waals surface area contributed by atoms with E-state index in [-0.39, 0.29) is 17.6 Å². The fraction of sp³-hybridized carbons (Fsp3) is 0.462. The van der Waals surface area contributed by atoms with Crippen LogP contribution in [0.3, 0.4) is 0 Å². The number of hydrogen-bond acceptors (Lipinski definition) is 1. The summed E-state index contributed by atoms with van der Waals surface area (Å²) in [5.74, 6) is 0.448. The van der Waals surface area contributed by atoms with Crippen LogP contribution < -0.4 is 5.32 Å². The van der Waals surface area contributed by atoms with Crippen LogP contribution in [-0.4, -0.2) is 5.91 Å². The molecular formula is C13H14FNO. The zero-order valence-electron chi connectivity index (χ0n) is 9.00. The minimum absolute atomic E-state index is 0.0468. The van der Waals surface area contributed by atoms with Crippen LogP contribution >= 0.6 is 0 Å². The van der Waals surface area contributed by atoms with Gasteiger partial charge in [0.25, 0.3) is 0 Å². The zero-order chi connectivity index (χ0) is 11.1. The van der Waals surface area contributed by atoms with E-state index < -0.39 is 0 Å². The average Bonchev–Trinajstić information content (AvgIpc) is 2.17. The van der Waals surface area contributed by atoms with Crippen LogP contribution in [-0.2, 0) is 4.79 Å². The predicted molar refractivity (Wildman–Crippen MR) is 59.7 cm³/mol. The van der Waals surface area contributed by atoms with Crippen molar-refractivity contribution in [1.82, 2.24) is 0 Å². The lowest BCUT2D eigenvalue weighted by atomic mass is 9.70. The number of amides is 1. The lowest BCUT2D eigenvalue weighted by molar-refractivity contribution is -0.117. The van der Waals surface area contributed by atoms with E-state index in [1.807, 2.05) is 6.07 Å². The molecule has 1 N–H and O–H groups in total. The normalized spacial score (nSPS) is 24.6. The molecule has 1 unspecified atom stereocenters. The van der Waals surface area contributed by atoms with Gasteiger partial charge >= 0.3 is 0 Å². The second-order valence-electron chi connectivity index (χ2n) is 4.75. The van der Waals surface area contributed by atoms with Crippen molar-refractivity contribution in [1.29, 1.82) is 0 Å². The van der Waals surface area contributed by atoms with Gasteiger partial charge in [-0.25, -0.2) is 4.39 Å². The molecule has 1 atom stereocenters. The van der Waals surface area contributed by atoms with Gasteiger partial charge in [-0.3, -0.25) is 4.79 Å². The van der Waals surface area contributed by atoms with Crippen molar-refractivity contribution in [3.05, 3.63) is 29.6 Å². The highest BCUT2D eigenvalue weighted by molar-refractivity contribution is 5.94. The fourth-order valence-corrected chi connectivity index (χ4v) is 2.74. The molecule has 0 radical (unpaired) electrons. The van der Waals surface area contributed by atoms with Crippen molar-refractivity contribution in [2.75, 3.05) is 5.32 Å². The summed E-state index contributed by atoms with van der Waals surface area (Å²) in [4.78, 5) is 11.6. The Morgan fingerprint density at radius 2 is 2.12 bits per heavy atom. The lowest BCUT2D eigenvalue weighted by Gasteiger charge is -2.37. The van der Waals surface area contributed by atoms with Crippen LogP contribution in [0.5, 0.6) is 0 Å². The summed E-state index contributed by atoms with van der Waals surface area (Å²) >= 11 is 0. The third kappa shape index (κ3) is 1.42. The summed E-state index contributed by atoms with van der Waals surface area (Å²) in [6.07, 6.45) is 4.11. The molecule has 16 heavy (non-hydrogen) atoms. The Bertz CT molecular complexity index is 440. The summed E-state index contributed by atoms with van der Waals surface area (Å²) in [6, 6.07) is 5.08. The molecule has 1 aromatic rings. The summed E-state index contributed by atoms with van der Waals surface area (Å²) in [5.41, 5.74) is 1.40. The van der Waals surface area contributed by atoms with Gasteiger partial charge < -0.3 is 5.32 Å². The highest BCUT2D eigenvalue weighted by Crippen LogP contribution is 2.45. The number of anilines is 1. The summed E-state index contributed by atoms with van der Waals surface area (Å²) in [5, 5.41) is 2.65. The maximum absolute atomic E-state index is 13.6. The predicted octanol–water partition coefficient (Wildman–Crippen LogP) is 3.05. The van der Waals surface area contributed by atoms with E-state index in [1.54, 1.807) is 6.07 Å². The summed E-state index contributed by atoms with van der Waals surface area (Å²) < 4.78 is 13.6. The molecule has 1 aliphatic carbocycles. The van der Waals surface area contributed by atoms with E-state index in [2.05, 4.69) is 5.32 Å². The van der Waals surface area contributed by atoms with Crippen LogP contribution in [0.2, 0.25) is 0 Å². The SMILES string of the molecule is O=C1CC(C2CCC2)c2cccc(F)c2N1. The molecule has 2 nitrogen and oxygen atoms in total. The Kier molecular flexibility index (Phi) is 2.20. The van der Waals surface area contributed by atoms with Gasteiger partial charge in [-0.05, 0) is 36.3 Å². The maximum Gasteiger partial charge on any atom is 0.225 e. The van der Waals surface area contributed by atoms with Crippen molar-refractivity contribution in [3.63, 3.8) is 0 Å². The van der Waals surface area contributed by atoms with Crippen LogP contribution in [0.1, 0.15) is 37.2 Å². The Morgan fingerprint density at radius 1 is 1.31 bits per heavy atom. The molecule has 1 aliphatic heterocycles. The van der Waals surface area contributed by atoms with E-state index in [0.717, 1.165) is 5.56 Å². The van der Waals surface area contributed by atoms with Crippen molar-refractivity contribution in [2.24, 2.45) is 5.92 Å². The second-order valence-corrected chi connectivity index (χ2v) is 4.75. The highest BCUT2D eigenvalue weighted by Gasteiger charge is 2.35. The number of carbonyl (C=O) groups is 1. The Hall–Kier alpha value is -1.38. The first-order valence-electron chi connectivity index (χ1n) is 5.84. The number of para-hydroxylation sites is 1. The fourth-order valence-electron chi connectivity index (χ4n) is 2.74. The molecule has 2 aliphatic rings. The number of fused-ring (bicyclic) bond motifs is 1. The maximum atomic E-state index is 13.6. The Labute approximate surface area is 93.9 Å². The van der Waals surface area contributed by atoms with Crippen LogP contribution in [0.4, 0.5) is 10.1 Å². The van der Waals surface area contributed by atoms with Crippen molar-refractivity contribution in [3.8, 4) is 0 Å². The third-order valence-corrected chi connectivity index (χ3v) is 3.83. The number of hydrogen-bond donors (Lipinski definition) is 1. The molecule has 1 saturated carbocycles. The zero-order valence-corrected chi connectivity index (χ0v) is 9.00. The van der Waals surface area contributed by atoms with Crippen LogP contribution in [0.15, 0.2) is 18.2 Å². The molecule has 3 rings (SSSR count). The van der Waals surface area contributed by atoms with E-state index in [4.69, 9.17) is 0 Å². The Morgan fingerprint density at radius 3 is 2.81 bits per heavy atom. The van der Waals surface area contributed by atoms with Gasteiger partial charge in [0, 0.05) is 6.42 Å². The molecule has 1 amide bonds. The summed E-state index contributed by atoms with van der Waals surface area (Å²) in [7, 11) is 0. The standard InChI is InChI=1S/C13H14FNO/c14-11-6-2-5-9-10(8-3-1-4-8)7-12(16)15-13(9)11/h2,5-6,8,10H,1,3-4,7H2,(H,15,16). The van der Waals surface area contributed by atoms with Gasteiger partial charge in [-0.2, -0.15) is 0 Å². The van der Waals surface area contributed by atoms with Crippen molar-refractivity contribution < 1.29 is 9.18 Å². The van der Waals surface area contributed by atoms with E-state index in [0.29, 0.717) is 18.0 Å². The van der Waals surface area contributed by atoms with E-state index >= 15 is 0 Å². The minimum Gasteiger partial charge on any atom is -0.323 e.